The molecule has 172 valence electrons. The van der Waals surface area contributed by atoms with Crippen LogP contribution in [0.5, 0.6) is 11.5 Å². The minimum absolute atomic E-state index is 0.202. The Labute approximate surface area is 189 Å². The van der Waals surface area contributed by atoms with Crippen LogP contribution in [0.15, 0.2) is 18.2 Å². The Morgan fingerprint density at radius 3 is 2.07 bits per heavy atom. The van der Waals surface area contributed by atoms with Crippen LogP contribution in [0.25, 0.3) is 0 Å². The van der Waals surface area contributed by atoms with E-state index in [-0.39, 0.29) is 17.1 Å². The zero-order valence-corrected chi connectivity index (χ0v) is 20.6. The number of methoxy groups -OCH3 is 1. The molecule has 2 N–H and O–H groups in total. The van der Waals surface area contributed by atoms with Gasteiger partial charge in [0, 0.05) is 30.8 Å². The van der Waals surface area contributed by atoms with Gasteiger partial charge in [0.2, 0.25) is 0 Å². The molecule has 1 aliphatic rings. The van der Waals surface area contributed by atoms with E-state index in [0.29, 0.717) is 5.78 Å². The minimum Gasteiger partial charge on any atom is -0.504 e. The number of carbonyl (C=O) groups excluding carboxylic acids is 2. The lowest BCUT2D eigenvalue weighted by atomic mass is 10.1. The number of phenols is 2. The number of ketones is 1. The number of esters is 1. The fraction of sp³-hybridized carbons (Fsp3) is 0.636. The second kappa shape index (κ2) is 16.3. The summed E-state index contributed by atoms with van der Waals surface area (Å²) in [5.74, 6) is 2.05. The molecular weight excluding hydrogens is 422 g/mol. The number of benzene rings is 1. The lowest BCUT2D eigenvalue weighted by Crippen LogP contribution is -2.35. The molecule has 6 nitrogen and oxygen atoms in total. The molecule has 8 heteroatoms. The summed E-state index contributed by atoms with van der Waals surface area (Å²) in [7, 11) is 11.7. The Morgan fingerprint density at radius 1 is 1.03 bits per heavy atom. The third-order valence-corrected chi connectivity index (χ3v) is 6.61. The Kier molecular flexibility index (Phi) is 15.6. The number of unbranched alkanes of at least 4 members (excludes halogenated alkanes) is 1. The van der Waals surface area contributed by atoms with Crippen LogP contribution in [0.2, 0.25) is 0 Å². The van der Waals surface area contributed by atoms with Gasteiger partial charge in [0.15, 0.2) is 11.5 Å². The largest absolute Gasteiger partial charge is 0.504 e. The fourth-order valence-electron chi connectivity index (χ4n) is 2.31. The van der Waals surface area contributed by atoms with Gasteiger partial charge >= 0.3 is 5.97 Å². The van der Waals surface area contributed by atoms with Crippen LogP contribution in [0.4, 0.5) is 0 Å². The van der Waals surface area contributed by atoms with E-state index in [1.807, 2.05) is 21.6 Å². The molecule has 0 atom stereocenters. The zero-order chi connectivity index (χ0) is 23.0. The number of quaternary nitrogens is 1. The molecule has 0 aromatic heterocycles. The minimum atomic E-state index is -0.551. The van der Waals surface area contributed by atoms with Crippen LogP contribution in [0.1, 0.15) is 55.8 Å². The van der Waals surface area contributed by atoms with Crippen molar-refractivity contribution in [3.8, 4) is 11.5 Å². The number of carbonyl (C=O) groups is 2. The molecule has 1 aromatic carbocycles. The molecule has 0 aliphatic carbocycles. The quantitative estimate of drug-likeness (QED) is 0.247. The Hall–Kier alpha value is -1.38. The first-order valence-electron chi connectivity index (χ1n) is 10.3. The lowest BCUT2D eigenvalue weighted by Gasteiger charge is -2.23. The second-order valence-corrected chi connectivity index (χ2v) is 10.7. The summed E-state index contributed by atoms with van der Waals surface area (Å²) in [5, 5.41) is 17.9. The van der Waals surface area contributed by atoms with Gasteiger partial charge in [-0.05, 0) is 31.0 Å². The molecule has 30 heavy (non-hydrogen) atoms. The van der Waals surface area contributed by atoms with Gasteiger partial charge < -0.3 is 19.4 Å². The van der Waals surface area contributed by atoms with Gasteiger partial charge in [0.05, 0.1) is 40.4 Å². The first-order chi connectivity index (χ1) is 14.1. The van der Waals surface area contributed by atoms with Crippen LogP contribution in [0, 0.1) is 0 Å². The topological polar surface area (TPSA) is 83.8 Å². The highest BCUT2D eigenvalue weighted by atomic mass is 33.1. The molecule has 2 rings (SSSR count). The number of hydrogen-bond donors (Lipinski definition) is 2. The van der Waals surface area contributed by atoms with Gasteiger partial charge in [-0.3, -0.25) is 4.79 Å². The second-order valence-electron chi connectivity index (χ2n) is 7.95. The van der Waals surface area contributed by atoms with Crippen LogP contribution < -0.4 is 0 Å². The average Bonchev–Trinajstić information content (AvgIpc) is 3.27. The van der Waals surface area contributed by atoms with E-state index >= 15 is 0 Å². The maximum absolute atomic E-state index is 11.3. The van der Waals surface area contributed by atoms with E-state index in [1.54, 1.807) is 0 Å². The van der Waals surface area contributed by atoms with Crippen molar-refractivity contribution in [3.63, 3.8) is 0 Å². The Balaban J connectivity index is 0.000000456. The molecule has 1 aliphatic heterocycles. The van der Waals surface area contributed by atoms with E-state index < -0.39 is 5.97 Å². The predicted molar refractivity (Wildman–Crippen MR) is 127 cm³/mol. The molecular formula is C22H38NO5S2+. The van der Waals surface area contributed by atoms with Crippen molar-refractivity contribution in [2.45, 2.75) is 45.4 Å². The van der Waals surface area contributed by atoms with E-state index in [0.717, 1.165) is 49.2 Å². The van der Waals surface area contributed by atoms with Gasteiger partial charge in [-0.1, -0.05) is 34.9 Å². The third kappa shape index (κ3) is 15.5. The van der Waals surface area contributed by atoms with E-state index in [2.05, 4.69) is 32.8 Å². The summed E-state index contributed by atoms with van der Waals surface area (Å²) in [5.41, 5.74) is 0.202. The molecule has 0 saturated carbocycles. The predicted octanol–water partition coefficient (Wildman–Crippen LogP) is 4.89. The van der Waals surface area contributed by atoms with Crippen molar-refractivity contribution >= 4 is 33.3 Å². The maximum atomic E-state index is 11.3. The average molecular weight is 461 g/mol. The number of rotatable bonds is 8. The summed E-state index contributed by atoms with van der Waals surface area (Å²) >= 11 is 0. The van der Waals surface area contributed by atoms with Gasteiger partial charge in [-0.25, -0.2) is 4.79 Å². The normalized spacial score (nSPS) is 12.8. The summed E-state index contributed by atoms with van der Waals surface area (Å²) in [6.45, 7) is 3.22. The van der Waals surface area contributed by atoms with Crippen LogP contribution >= 0.6 is 21.6 Å². The molecule has 1 heterocycles. The fourth-order valence-corrected chi connectivity index (χ4v) is 4.67. The highest BCUT2D eigenvalue weighted by Crippen LogP contribution is 2.29. The van der Waals surface area contributed by atoms with Gasteiger partial charge in [-0.2, -0.15) is 0 Å². The highest BCUT2D eigenvalue weighted by Gasteiger charge is 2.09. The summed E-state index contributed by atoms with van der Waals surface area (Å²) < 4.78 is 5.36. The van der Waals surface area contributed by atoms with Crippen LogP contribution in [-0.2, 0) is 9.53 Å². The monoisotopic (exact) mass is 460 g/mol. The van der Waals surface area contributed by atoms with Gasteiger partial charge in [0.1, 0.15) is 5.78 Å². The standard InChI is InChI=1S/C11H24NO.C8H8O4.C3H6S2/c1-5-6-8-11(13)9-7-10-12(2,3)4;1-12-8(11)5-2-3-6(9)7(10)4-5;1-2-4-5-3-1/h5-10H2,1-4H3;2-4,9-10H,1H3;1-3H2/q+1;;. The lowest BCUT2D eigenvalue weighted by molar-refractivity contribution is -0.870. The Morgan fingerprint density at radius 2 is 1.63 bits per heavy atom. The molecule has 1 saturated heterocycles. The summed E-state index contributed by atoms with van der Waals surface area (Å²) in [6, 6.07) is 3.73. The molecule has 0 bridgehead atoms. The van der Waals surface area contributed by atoms with E-state index in [9.17, 15) is 9.59 Å². The van der Waals surface area contributed by atoms with Gasteiger partial charge in [0.25, 0.3) is 0 Å². The van der Waals surface area contributed by atoms with Crippen molar-refractivity contribution in [2.24, 2.45) is 0 Å². The molecule has 1 fully saturated rings. The number of ether oxygens (including phenoxy) is 1. The smallest absolute Gasteiger partial charge is 0.337 e. The number of aromatic hydroxyl groups is 2. The third-order valence-electron chi connectivity index (χ3n) is 4.03. The summed E-state index contributed by atoms with van der Waals surface area (Å²) in [6.07, 6.45) is 6.20. The van der Waals surface area contributed by atoms with Crippen molar-refractivity contribution in [2.75, 3.05) is 46.3 Å². The molecule has 0 radical (unpaired) electrons. The van der Waals surface area contributed by atoms with Crippen LogP contribution in [0.3, 0.4) is 0 Å². The SMILES string of the molecule is C1CSSC1.CCCCC(=O)CCC[N+](C)(C)C.COC(=O)c1ccc(O)c(O)c1. The molecule has 1 aromatic rings. The van der Waals surface area contributed by atoms with Crippen molar-refractivity contribution in [1.29, 1.82) is 0 Å². The van der Waals surface area contributed by atoms with Crippen molar-refractivity contribution < 1.29 is 29.0 Å². The first-order valence-corrected chi connectivity index (χ1v) is 12.8. The number of nitrogens with zero attached hydrogens (tertiary/aromatic N) is 1. The Bertz CT molecular complexity index is 621. The number of Topliss-reactive ketones (excluding diaryl/α,β-unsaturated/α-hetero) is 1. The van der Waals surface area contributed by atoms with E-state index in [4.69, 9.17) is 10.2 Å². The first kappa shape index (κ1) is 28.6. The van der Waals surface area contributed by atoms with E-state index in [1.165, 1.54) is 37.2 Å². The van der Waals surface area contributed by atoms with Crippen molar-refractivity contribution in [3.05, 3.63) is 23.8 Å². The molecule has 0 spiro atoms. The zero-order valence-electron chi connectivity index (χ0n) is 19.0. The number of phenolic OH excluding ortho intramolecular Hbond substituents is 2. The van der Waals surface area contributed by atoms with Gasteiger partial charge in [-0.15, -0.1) is 0 Å². The maximum Gasteiger partial charge on any atom is 0.337 e. The van der Waals surface area contributed by atoms with Crippen LogP contribution in [-0.4, -0.2) is 72.8 Å². The molecule has 0 amide bonds. The van der Waals surface area contributed by atoms with Crippen molar-refractivity contribution in [1.82, 2.24) is 0 Å². The summed E-state index contributed by atoms with van der Waals surface area (Å²) in [4.78, 5) is 22.1. The highest BCUT2D eigenvalue weighted by molar-refractivity contribution is 8.77. The molecule has 0 unspecified atom stereocenters. The number of hydrogen-bond acceptors (Lipinski definition) is 7.